The van der Waals surface area contributed by atoms with E-state index in [4.69, 9.17) is 0 Å². The van der Waals surface area contributed by atoms with Crippen LogP contribution < -0.4 is 5.32 Å². The zero-order chi connectivity index (χ0) is 11.9. The Morgan fingerprint density at radius 2 is 2.18 bits per heavy atom. The van der Waals surface area contributed by atoms with Crippen molar-refractivity contribution < 1.29 is 4.79 Å². The molecule has 1 heterocycles. The lowest BCUT2D eigenvalue weighted by Crippen LogP contribution is -2.50. The minimum absolute atomic E-state index is 0.0180. The lowest BCUT2D eigenvalue weighted by Gasteiger charge is -2.39. The molecule has 1 aliphatic carbocycles. The Morgan fingerprint density at radius 1 is 1.35 bits per heavy atom. The van der Waals surface area contributed by atoms with E-state index < -0.39 is 0 Å². The summed E-state index contributed by atoms with van der Waals surface area (Å²) in [7, 11) is 0. The summed E-state index contributed by atoms with van der Waals surface area (Å²) in [5.74, 6) is 0.0373. The van der Waals surface area contributed by atoms with Crippen LogP contribution in [0.15, 0.2) is 30.5 Å². The number of aromatic nitrogens is 1. The smallest absolute Gasteiger partial charge is 0.251 e. The summed E-state index contributed by atoms with van der Waals surface area (Å²) >= 11 is 0. The number of rotatable bonds is 2. The SMILES string of the molecule is CC1(NC(=O)c2ccc3[nH]ccc3c2)CCC1. The van der Waals surface area contributed by atoms with E-state index in [1.807, 2.05) is 30.5 Å². The molecule has 17 heavy (non-hydrogen) atoms. The summed E-state index contributed by atoms with van der Waals surface area (Å²) < 4.78 is 0. The van der Waals surface area contributed by atoms with E-state index in [-0.39, 0.29) is 11.4 Å². The monoisotopic (exact) mass is 228 g/mol. The lowest BCUT2D eigenvalue weighted by molar-refractivity contribution is 0.0850. The van der Waals surface area contributed by atoms with Crippen molar-refractivity contribution in [2.24, 2.45) is 0 Å². The fraction of sp³-hybridized carbons (Fsp3) is 0.357. The van der Waals surface area contributed by atoms with Gasteiger partial charge in [-0.15, -0.1) is 0 Å². The van der Waals surface area contributed by atoms with E-state index in [1.165, 1.54) is 6.42 Å². The summed E-state index contributed by atoms with van der Waals surface area (Å²) in [4.78, 5) is 15.2. The van der Waals surface area contributed by atoms with E-state index in [1.54, 1.807) is 0 Å². The third-order valence-corrected chi connectivity index (χ3v) is 3.69. The number of H-pyrrole nitrogens is 1. The summed E-state index contributed by atoms with van der Waals surface area (Å²) in [6.07, 6.45) is 5.28. The highest BCUT2D eigenvalue weighted by molar-refractivity contribution is 5.98. The van der Waals surface area contributed by atoms with E-state index in [0.717, 1.165) is 29.3 Å². The molecule has 3 heteroatoms. The number of hydrogen-bond donors (Lipinski definition) is 2. The first kappa shape index (κ1) is 10.4. The molecule has 1 saturated carbocycles. The number of nitrogens with one attached hydrogen (secondary N) is 2. The zero-order valence-electron chi connectivity index (χ0n) is 9.92. The van der Waals surface area contributed by atoms with Crippen LogP contribution in [-0.4, -0.2) is 16.4 Å². The predicted molar refractivity (Wildman–Crippen MR) is 68.0 cm³/mol. The molecule has 1 aliphatic rings. The summed E-state index contributed by atoms with van der Waals surface area (Å²) in [5, 5.41) is 4.20. The van der Waals surface area contributed by atoms with E-state index in [9.17, 15) is 4.79 Å². The normalized spacial score (nSPS) is 17.7. The van der Waals surface area contributed by atoms with Crippen molar-refractivity contribution in [3.05, 3.63) is 36.0 Å². The van der Waals surface area contributed by atoms with Crippen LogP contribution in [0.2, 0.25) is 0 Å². The molecule has 3 rings (SSSR count). The van der Waals surface area contributed by atoms with Gasteiger partial charge >= 0.3 is 0 Å². The third kappa shape index (κ3) is 1.82. The summed E-state index contributed by atoms with van der Waals surface area (Å²) in [6.45, 7) is 2.11. The van der Waals surface area contributed by atoms with Crippen molar-refractivity contribution in [2.75, 3.05) is 0 Å². The molecule has 1 aromatic carbocycles. The van der Waals surface area contributed by atoms with Crippen LogP contribution in [0.3, 0.4) is 0 Å². The van der Waals surface area contributed by atoms with Gasteiger partial charge in [-0.25, -0.2) is 0 Å². The fourth-order valence-electron chi connectivity index (χ4n) is 2.37. The molecule has 0 bridgehead atoms. The van der Waals surface area contributed by atoms with Gasteiger partial charge in [-0.3, -0.25) is 4.79 Å². The second-order valence-corrected chi connectivity index (χ2v) is 5.15. The molecule has 0 saturated heterocycles. The highest BCUT2D eigenvalue weighted by Gasteiger charge is 2.33. The number of carbonyl (C=O) groups excluding carboxylic acids is 1. The summed E-state index contributed by atoms with van der Waals surface area (Å²) in [5.41, 5.74) is 1.83. The molecule has 1 amide bonds. The van der Waals surface area contributed by atoms with E-state index in [0.29, 0.717) is 0 Å². The maximum atomic E-state index is 12.1. The molecule has 0 aliphatic heterocycles. The van der Waals surface area contributed by atoms with Crippen molar-refractivity contribution >= 4 is 16.8 Å². The molecule has 88 valence electrons. The standard InChI is InChI=1S/C14H16N2O/c1-14(6-2-7-14)16-13(17)11-3-4-12-10(9-11)5-8-15-12/h3-5,8-9,15H,2,6-7H2,1H3,(H,16,17). The maximum absolute atomic E-state index is 12.1. The number of hydrogen-bond acceptors (Lipinski definition) is 1. The molecule has 0 unspecified atom stereocenters. The average Bonchev–Trinajstić information content (AvgIpc) is 2.73. The number of aromatic amines is 1. The van der Waals surface area contributed by atoms with Crippen molar-refractivity contribution in [3.8, 4) is 0 Å². The van der Waals surface area contributed by atoms with Gasteiger partial charge in [0, 0.05) is 28.2 Å². The Labute approximate surface area is 100 Å². The largest absolute Gasteiger partial charge is 0.361 e. The molecular formula is C14H16N2O. The third-order valence-electron chi connectivity index (χ3n) is 3.69. The fourth-order valence-corrected chi connectivity index (χ4v) is 2.37. The van der Waals surface area contributed by atoms with Crippen LogP contribution in [0, 0.1) is 0 Å². The highest BCUT2D eigenvalue weighted by atomic mass is 16.1. The van der Waals surface area contributed by atoms with Crippen LogP contribution in [0.25, 0.3) is 10.9 Å². The molecule has 0 atom stereocenters. The Bertz CT molecular complexity index is 566. The topological polar surface area (TPSA) is 44.9 Å². The number of fused-ring (bicyclic) bond motifs is 1. The van der Waals surface area contributed by atoms with Gasteiger partial charge in [-0.05, 0) is 50.5 Å². The van der Waals surface area contributed by atoms with E-state index in [2.05, 4.69) is 17.2 Å². The van der Waals surface area contributed by atoms with Gasteiger partial charge in [0.05, 0.1) is 0 Å². The number of carbonyl (C=O) groups is 1. The first-order valence-electron chi connectivity index (χ1n) is 6.06. The number of amides is 1. The van der Waals surface area contributed by atoms with Crippen LogP contribution in [0.4, 0.5) is 0 Å². The molecule has 0 radical (unpaired) electrons. The van der Waals surface area contributed by atoms with Gasteiger partial charge < -0.3 is 10.3 Å². The average molecular weight is 228 g/mol. The van der Waals surface area contributed by atoms with Crippen molar-refractivity contribution in [3.63, 3.8) is 0 Å². The van der Waals surface area contributed by atoms with Gasteiger partial charge in [-0.1, -0.05) is 0 Å². The molecule has 1 fully saturated rings. The van der Waals surface area contributed by atoms with Crippen LogP contribution in [0.1, 0.15) is 36.5 Å². The predicted octanol–water partition coefficient (Wildman–Crippen LogP) is 2.84. The second kappa shape index (κ2) is 3.62. The van der Waals surface area contributed by atoms with Gasteiger partial charge in [-0.2, -0.15) is 0 Å². The molecule has 2 aromatic rings. The first-order valence-corrected chi connectivity index (χ1v) is 6.06. The maximum Gasteiger partial charge on any atom is 0.251 e. The molecule has 2 N–H and O–H groups in total. The Hall–Kier alpha value is -1.77. The van der Waals surface area contributed by atoms with Crippen LogP contribution in [0.5, 0.6) is 0 Å². The minimum Gasteiger partial charge on any atom is -0.361 e. The second-order valence-electron chi connectivity index (χ2n) is 5.15. The van der Waals surface area contributed by atoms with Crippen molar-refractivity contribution in [2.45, 2.75) is 31.7 Å². The van der Waals surface area contributed by atoms with Crippen molar-refractivity contribution in [1.29, 1.82) is 0 Å². The molecule has 3 nitrogen and oxygen atoms in total. The summed E-state index contributed by atoms with van der Waals surface area (Å²) in [6, 6.07) is 7.74. The Kier molecular flexibility index (Phi) is 2.21. The minimum atomic E-state index is 0.0180. The van der Waals surface area contributed by atoms with Crippen molar-refractivity contribution in [1.82, 2.24) is 10.3 Å². The van der Waals surface area contributed by atoms with Crippen LogP contribution >= 0.6 is 0 Å². The lowest BCUT2D eigenvalue weighted by atomic mass is 9.78. The molecule has 1 aromatic heterocycles. The van der Waals surface area contributed by atoms with Gasteiger partial charge in [0.25, 0.3) is 5.91 Å². The molecule has 0 spiro atoms. The van der Waals surface area contributed by atoms with Gasteiger partial charge in [0.1, 0.15) is 0 Å². The zero-order valence-corrected chi connectivity index (χ0v) is 9.92. The van der Waals surface area contributed by atoms with Gasteiger partial charge in [0.15, 0.2) is 0 Å². The number of benzene rings is 1. The first-order chi connectivity index (χ1) is 8.16. The van der Waals surface area contributed by atoms with Gasteiger partial charge in [0.2, 0.25) is 0 Å². The van der Waals surface area contributed by atoms with E-state index >= 15 is 0 Å². The highest BCUT2D eigenvalue weighted by Crippen LogP contribution is 2.31. The van der Waals surface area contributed by atoms with Crippen LogP contribution in [-0.2, 0) is 0 Å². The Morgan fingerprint density at radius 3 is 2.88 bits per heavy atom. The quantitative estimate of drug-likeness (QED) is 0.815. The Balaban J connectivity index is 1.84. The molecular weight excluding hydrogens is 212 g/mol.